The van der Waals surface area contributed by atoms with Crippen molar-refractivity contribution in [3.05, 3.63) is 75.8 Å². The van der Waals surface area contributed by atoms with E-state index < -0.39 is 9.84 Å². The Balaban J connectivity index is 0.000000913. The van der Waals surface area contributed by atoms with Gasteiger partial charge in [-0.3, -0.25) is 9.48 Å². The second-order valence-electron chi connectivity index (χ2n) is 6.72. The number of phenolic OH excluding ortho intramolecular Hbond substituents is 1. The Morgan fingerprint density at radius 3 is 2.47 bits per heavy atom. The van der Waals surface area contributed by atoms with Crippen molar-refractivity contribution < 1.29 is 23.4 Å². The highest BCUT2D eigenvalue weighted by molar-refractivity contribution is 7.92. The number of thiophene rings is 1. The van der Waals surface area contributed by atoms with Crippen LogP contribution in [0.5, 0.6) is 5.75 Å². The molecule has 11 heteroatoms. The van der Waals surface area contributed by atoms with Crippen LogP contribution in [-0.2, 0) is 33.5 Å². The van der Waals surface area contributed by atoms with E-state index in [-0.39, 0.29) is 22.2 Å². The van der Waals surface area contributed by atoms with Crippen LogP contribution < -0.4 is 5.73 Å². The molecule has 0 unspecified atom stereocenters. The first-order valence-corrected chi connectivity index (χ1v) is 12.1. The third-order valence-corrected chi connectivity index (χ3v) is 8.01. The van der Waals surface area contributed by atoms with E-state index in [0.717, 1.165) is 22.5 Å². The molecule has 0 saturated carbocycles. The topological polar surface area (TPSA) is 136 Å². The second-order valence-corrected chi connectivity index (χ2v) is 10.7. The Morgan fingerprint density at radius 1 is 1.12 bits per heavy atom. The summed E-state index contributed by atoms with van der Waals surface area (Å²) >= 11 is 6.90. The van der Waals surface area contributed by atoms with Crippen molar-refractivity contribution in [2.24, 2.45) is 5.73 Å². The third-order valence-electron chi connectivity index (χ3n) is 4.57. The first-order valence-electron chi connectivity index (χ1n) is 9.30. The zero-order chi connectivity index (χ0) is 23.3. The summed E-state index contributed by atoms with van der Waals surface area (Å²) in [6.07, 6.45) is 0. The van der Waals surface area contributed by atoms with Gasteiger partial charge < -0.3 is 15.9 Å². The van der Waals surface area contributed by atoms with Gasteiger partial charge in [0.15, 0.2) is 9.84 Å². The first-order chi connectivity index (χ1) is 15.3. The Labute approximate surface area is 193 Å². The van der Waals surface area contributed by atoms with Crippen molar-refractivity contribution in [3.8, 4) is 5.75 Å². The highest BCUT2D eigenvalue weighted by Gasteiger charge is 2.23. The first kappa shape index (κ1) is 23.7. The Bertz CT molecular complexity index is 1350. The van der Waals surface area contributed by atoms with E-state index >= 15 is 0 Å². The number of nitrogens with two attached hydrogens (primary N) is 1. The van der Waals surface area contributed by atoms with E-state index in [2.05, 4.69) is 5.10 Å². The van der Waals surface area contributed by atoms with E-state index in [0.29, 0.717) is 34.0 Å². The number of hydrogen-bond acceptors (Lipinski definition) is 7. The van der Waals surface area contributed by atoms with Gasteiger partial charge in [-0.15, -0.1) is 11.3 Å². The zero-order valence-corrected chi connectivity index (χ0v) is 19.1. The number of fused-ring (bicyclic) bond motifs is 1. The molecule has 2 aromatic carbocycles. The summed E-state index contributed by atoms with van der Waals surface area (Å²) < 4.78 is 27.9. The van der Waals surface area contributed by atoms with Crippen molar-refractivity contribution in [2.75, 3.05) is 0 Å². The van der Waals surface area contributed by atoms with Gasteiger partial charge in [0, 0.05) is 6.54 Å². The molecule has 32 heavy (non-hydrogen) atoms. The standard InChI is InChI=1S/C20H18ClN3O3S2.CH2O2/c21-18-7-8-19(28-18)29(26,27)12-15-20-16(5-2-6-17(20)25)24(23-15)11-14-4-1-3-13(9-14)10-22;2-1-3/h1-9,25H,10-12,22H2;1H,(H,2,3). The number of aromatic hydroxyl groups is 1. The summed E-state index contributed by atoms with van der Waals surface area (Å²) in [6, 6.07) is 15.9. The summed E-state index contributed by atoms with van der Waals surface area (Å²) in [4.78, 5) is 8.36. The maximum absolute atomic E-state index is 12.8. The predicted octanol–water partition coefficient (Wildman–Crippen LogP) is 3.64. The minimum atomic E-state index is -3.64. The van der Waals surface area contributed by atoms with Gasteiger partial charge in [0.25, 0.3) is 6.47 Å². The molecular formula is C21H20ClN3O5S2. The van der Waals surface area contributed by atoms with Gasteiger partial charge in [-0.05, 0) is 35.4 Å². The SMILES string of the molecule is NCc1cccc(Cn2nc(CS(=O)(=O)c3ccc(Cl)s3)c3c(O)cccc32)c1.O=CO. The van der Waals surface area contributed by atoms with Crippen molar-refractivity contribution in [1.29, 1.82) is 0 Å². The molecule has 0 bridgehead atoms. The quantitative estimate of drug-likeness (QED) is 0.349. The van der Waals surface area contributed by atoms with Crippen molar-refractivity contribution in [3.63, 3.8) is 0 Å². The fourth-order valence-corrected chi connectivity index (χ4v) is 6.10. The average Bonchev–Trinajstić information content (AvgIpc) is 3.34. The molecular weight excluding hydrogens is 474 g/mol. The Kier molecular flexibility index (Phi) is 7.52. The molecule has 8 nitrogen and oxygen atoms in total. The number of sulfone groups is 1. The fraction of sp³-hybridized carbons (Fsp3) is 0.143. The summed E-state index contributed by atoms with van der Waals surface area (Å²) in [7, 11) is -3.64. The lowest BCUT2D eigenvalue weighted by molar-refractivity contribution is -0.122. The lowest BCUT2D eigenvalue weighted by Gasteiger charge is -2.06. The highest BCUT2D eigenvalue weighted by atomic mass is 35.5. The molecule has 0 spiro atoms. The number of carboxylic acid groups (broad SMARTS) is 1. The molecule has 2 aromatic heterocycles. The molecule has 0 aliphatic carbocycles. The number of carbonyl (C=O) groups is 1. The van der Waals surface area contributed by atoms with E-state index in [1.807, 2.05) is 30.3 Å². The Hall–Kier alpha value is -2.92. The number of rotatable bonds is 6. The van der Waals surface area contributed by atoms with Gasteiger partial charge in [0.05, 0.1) is 27.5 Å². The van der Waals surface area contributed by atoms with E-state index in [1.54, 1.807) is 16.8 Å². The van der Waals surface area contributed by atoms with Crippen LogP contribution in [0.4, 0.5) is 0 Å². The molecule has 168 valence electrons. The number of benzene rings is 2. The van der Waals surface area contributed by atoms with Crippen LogP contribution in [0.1, 0.15) is 16.8 Å². The molecule has 4 N–H and O–H groups in total. The van der Waals surface area contributed by atoms with Gasteiger partial charge in [-0.2, -0.15) is 5.10 Å². The van der Waals surface area contributed by atoms with Crippen LogP contribution in [0.25, 0.3) is 10.9 Å². The largest absolute Gasteiger partial charge is 0.507 e. The average molecular weight is 494 g/mol. The number of hydrogen-bond donors (Lipinski definition) is 3. The number of halogens is 1. The van der Waals surface area contributed by atoms with Gasteiger partial charge >= 0.3 is 0 Å². The molecule has 2 heterocycles. The van der Waals surface area contributed by atoms with Crippen LogP contribution in [0.15, 0.2) is 58.8 Å². The van der Waals surface area contributed by atoms with Crippen LogP contribution in [0.3, 0.4) is 0 Å². The molecule has 0 amide bonds. The summed E-state index contributed by atoms with van der Waals surface area (Å²) in [5.74, 6) is -0.327. The number of phenols is 1. The molecule has 0 aliphatic rings. The minimum Gasteiger partial charge on any atom is -0.507 e. The number of aromatic nitrogens is 2. The van der Waals surface area contributed by atoms with E-state index in [4.69, 9.17) is 27.2 Å². The molecule has 0 radical (unpaired) electrons. The summed E-state index contributed by atoms with van der Waals surface area (Å²) in [6.45, 7) is 0.611. The third kappa shape index (κ3) is 5.28. The zero-order valence-electron chi connectivity index (χ0n) is 16.7. The number of nitrogens with zero attached hydrogens (tertiary/aromatic N) is 2. The minimum absolute atomic E-state index is 0.00105. The molecule has 4 rings (SSSR count). The lowest BCUT2D eigenvalue weighted by atomic mass is 10.1. The molecule has 4 aromatic rings. The Morgan fingerprint density at radius 2 is 1.81 bits per heavy atom. The van der Waals surface area contributed by atoms with Crippen molar-refractivity contribution >= 4 is 50.2 Å². The van der Waals surface area contributed by atoms with E-state index in [1.165, 1.54) is 12.1 Å². The van der Waals surface area contributed by atoms with Gasteiger partial charge in [-0.1, -0.05) is 41.9 Å². The molecule has 0 saturated heterocycles. The monoisotopic (exact) mass is 493 g/mol. The fourth-order valence-electron chi connectivity index (χ4n) is 3.25. The predicted molar refractivity (Wildman–Crippen MR) is 124 cm³/mol. The van der Waals surface area contributed by atoms with Crippen LogP contribution in [-0.4, -0.2) is 34.9 Å². The highest BCUT2D eigenvalue weighted by Crippen LogP contribution is 2.33. The normalized spacial score (nSPS) is 11.2. The molecule has 0 fully saturated rings. The maximum atomic E-state index is 12.8. The molecule has 0 atom stereocenters. The maximum Gasteiger partial charge on any atom is 0.290 e. The van der Waals surface area contributed by atoms with Crippen molar-refractivity contribution in [2.45, 2.75) is 23.1 Å². The van der Waals surface area contributed by atoms with Crippen LogP contribution >= 0.6 is 22.9 Å². The van der Waals surface area contributed by atoms with Crippen LogP contribution in [0, 0.1) is 0 Å². The summed E-state index contributed by atoms with van der Waals surface area (Å²) in [5, 5.41) is 22.3. The van der Waals surface area contributed by atoms with Gasteiger partial charge in [-0.25, -0.2) is 8.42 Å². The smallest absolute Gasteiger partial charge is 0.290 e. The lowest BCUT2D eigenvalue weighted by Crippen LogP contribution is -2.06. The second kappa shape index (κ2) is 10.1. The van der Waals surface area contributed by atoms with Gasteiger partial charge in [0.2, 0.25) is 0 Å². The van der Waals surface area contributed by atoms with Gasteiger partial charge in [0.1, 0.15) is 15.7 Å². The summed E-state index contributed by atoms with van der Waals surface area (Å²) in [5.41, 5.74) is 8.68. The van der Waals surface area contributed by atoms with Crippen LogP contribution in [0.2, 0.25) is 4.34 Å². The molecule has 0 aliphatic heterocycles. The van der Waals surface area contributed by atoms with Crippen molar-refractivity contribution in [1.82, 2.24) is 9.78 Å². The van der Waals surface area contributed by atoms with E-state index in [9.17, 15) is 13.5 Å².